The summed E-state index contributed by atoms with van der Waals surface area (Å²) < 4.78 is 10.2. The summed E-state index contributed by atoms with van der Waals surface area (Å²) in [6.45, 7) is 1.89. The van der Waals surface area contributed by atoms with Crippen molar-refractivity contribution in [3.8, 4) is 0 Å². The molecule has 6 nitrogen and oxygen atoms in total. The van der Waals surface area contributed by atoms with Crippen LogP contribution in [0.4, 0.5) is 5.13 Å². The summed E-state index contributed by atoms with van der Waals surface area (Å²) in [4.78, 5) is 18.1. The van der Waals surface area contributed by atoms with Crippen molar-refractivity contribution in [2.45, 2.75) is 18.9 Å². The van der Waals surface area contributed by atoms with Gasteiger partial charge < -0.3 is 19.5 Å². The maximum absolute atomic E-state index is 11.5. The minimum absolute atomic E-state index is 0.0199. The predicted molar refractivity (Wildman–Crippen MR) is 76.7 cm³/mol. The number of halogens is 1. The van der Waals surface area contributed by atoms with Crippen LogP contribution < -0.4 is 4.90 Å². The molecule has 20 heavy (non-hydrogen) atoms. The van der Waals surface area contributed by atoms with Gasteiger partial charge in [0.05, 0.1) is 26.4 Å². The van der Waals surface area contributed by atoms with E-state index in [2.05, 4.69) is 14.6 Å². The molecule has 0 aromatic carbocycles. The van der Waals surface area contributed by atoms with E-state index >= 15 is 0 Å². The van der Waals surface area contributed by atoms with Gasteiger partial charge in [0.2, 0.25) is 0 Å². The molecule has 2 rings (SSSR count). The number of carbonyl (C=O) groups excluding carboxylic acids is 1. The Morgan fingerprint density at radius 1 is 1.65 bits per heavy atom. The number of hydrogen-bond acceptors (Lipinski definition) is 7. The van der Waals surface area contributed by atoms with Crippen molar-refractivity contribution < 1.29 is 19.4 Å². The number of thiazole rings is 1. The first-order valence-corrected chi connectivity index (χ1v) is 7.57. The number of piperidine rings is 1. The molecule has 1 aliphatic heterocycles. The SMILES string of the molecule is COC(=O)c1sc(N2CCCC(OCCO)C2)nc1Cl. The molecule has 112 valence electrons. The van der Waals surface area contributed by atoms with Crippen LogP contribution in [0.25, 0.3) is 0 Å². The first-order chi connectivity index (χ1) is 9.65. The van der Waals surface area contributed by atoms with Gasteiger partial charge >= 0.3 is 5.97 Å². The van der Waals surface area contributed by atoms with Gasteiger partial charge in [-0.15, -0.1) is 0 Å². The molecule has 1 unspecified atom stereocenters. The van der Waals surface area contributed by atoms with E-state index in [0.29, 0.717) is 23.2 Å². The Bertz CT molecular complexity index is 468. The van der Waals surface area contributed by atoms with Crippen molar-refractivity contribution in [3.63, 3.8) is 0 Å². The van der Waals surface area contributed by atoms with Gasteiger partial charge in [-0.3, -0.25) is 0 Å². The van der Waals surface area contributed by atoms with Crippen molar-refractivity contribution in [2.75, 3.05) is 38.3 Å². The van der Waals surface area contributed by atoms with E-state index in [1.165, 1.54) is 18.4 Å². The third-order valence-electron chi connectivity index (χ3n) is 3.04. The molecule has 1 aromatic heterocycles. The number of anilines is 1. The highest BCUT2D eigenvalue weighted by Crippen LogP contribution is 2.32. The van der Waals surface area contributed by atoms with Gasteiger partial charge in [0.1, 0.15) is 0 Å². The van der Waals surface area contributed by atoms with E-state index in [4.69, 9.17) is 21.4 Å². The van der Waals surface area contributed by atoms with Crippen LogP contribution in [-0.4, -0.2) is 55.6 Å². The van der Waals surface area contributed by atoms with Crippen LogP contribution in [0.15, 0.2) is 0 Å². The summed E-state index contributed by atoms with van der Waals surface area (Å²) in [7, 11) is 1.32. The molecule has 2 heterocycles. The number of carbonyl (C=O) groups is 1. The fraction of sp³-hybridized carbons (Fsp3) is 0.667. The monoisotopic (exact) mass is 320 g/mol. The number of aromatic nitrogens is 1. The molecule has 0 aliphatic carbocycles. The van der Waals surface area contributed by atoms with E-state index < -0.39 is 5.97 Å². The van der Waals surface area contributed by atoms with Gasteiger partial charge in [0, 0.05) is 13.1 Å². The number of nitrogens with zero attached hydrogens (tertiary/aromatic N) is 2. The maximum atomic E-state index is 11.5. The summed E-state index contributed by atoms with van der Waals surface area (Å²) >= 11 is 7.19. The molecule has 1 atom stereocenters. The molecule has 1 N–H and O–H groups in total. The first kappa shape index (κ1) is 15.5. The van der Waals surface area contributed by atoms with Gasteiger partial charge in [0.25, 0.3) is 0 Å². The second-order valence-electron chi connectivity index (χ2n) is 4.41. The van der Waals surface area contributed by atoms with Crippen molar-refractivity contribution in [1.82, 2.24) is 4.98 Å². The second kappa shape index (κ2) is 7.21. The van der Waals surface area contributed by atoms with Crippen molar-refractivity contribution in [3.05, 3.63) is 10.0 Å². The van der Waals surface area contributed by atoms with Crippen LogP contribution in [0.5, 0.6) is 0 Å². The fourth-order valence-electron chi connectivity index (χ4n) is 2.11. The summed E-state index contributed by atoms with van der Waals surface area (Å²) in [5.74, 6) is -0.469. The lowest BCUT2D eigenvalue weighted by molar-refractivity contribution is 0.0214. The van der Waals surface area contributed by atoms with Crippen LogP contribution in [-0.2, 0) is 9.47 Å². The van der Waals surface area contributed by atoms with Crippen LogP contribution in [0.1, 0.15) is 22.5 Å². The smallest absolute Gasteiger partial charge is 0.351 e. The number of rotatable bonds is 5. The van der Waals surface area contributed by atoms with E-state index in [1.54, 1.807) is 0 Å². The number of aliphatic hydroxyl groups excluding tert-OH is 1. The fourth-order valence-corrected chi connectivity index (χ4v) is 3.35. The summed E-state index contributed by atoms with van der Waals surface area (Å²) in [5, 5.41) is 9.67. The van der Waals surface area contributed by atoms with Gasteiger partial charge in [0.15, 0.2) is 15.2 Å². The van der Waals surface area contributed by atoms with Crippen LogP contribution in [0.2, 0.25) is 5.15 Å². The van der Waals surface area contributed by atoms with Gasteiger partial charge in [-0.2, -0.15) is 0 Å². The average molecular weight is 321 g/mol. The van der Waals surface area contributed by atoms with Crippen LogP contribution >= 0.6 is 22.9 Å². The highest BCUT2D eigenvalue weighted by molar-refractivity contribution is 7.18. The van der Waals surface area contributed by atoms with Gasteiger partial charge in [-0.1, -0.05) is 22.9 Å². The Hall–Kier alpha value is -0.890. The Morgan fingerprint density at radius 2 is 2.45 bits per heavy atom. The molecular formula is C12H17ClN2O4S. The van der Waals surface area contributed by atoms with Crippen LogP contribution in [0.3, 0.4) is 0 Å². The zero-order valence-corrected chi connectivity index (χ0v) is 12.7. The summed E-state index contributed by atoms with van der Waals surface area (Å²) in [6.07, 6.45) is 2.00. The van der Waals surface area contributed by atoms with Crippen molar-refractivity contribution in [1.29, 1.82) is 0 Å². The minimum Gasteiger partial charge on any atom is -0.465 e. The van der Waals surface area contributed by atoms with Gasteiger partial charge in [-0.25, -0.2) is 9.78 Å². The Morgan fingerprint density at radius 3 is 3.15 bits per heavy atom. The lowest BCUT2D eigenvalue weighted by Gasteiger charge is -2.32. The molecule has 1 aromatic rings. The highest BCUT2D eigenvalue weighted by atomic mass is 35.5. The van der Waals surface area contributed by atoms with E-state index in [1.807, 2.05) is 0 Å². The van der Waals surface area contributed by atoms with E-state index in [0.717, 1.165) is 19.4 Å². The van der Waals surface area contributed by atoms with Crippen LogP contribution in [0, 0.1) is 0 Å². The van der Waals surface area contributed by atoms with Crippen molar-refractivity contribution >= 4 is 34.0 Å². The number of ether oxygens (including phenoxy) is 2. The molecule has 0 bridgehead atoms. The molecule has 1 aliphatic rings. The number of esters is 1. The number of methoxy groups -OCH3 is 1. The lowest BCUT2D eigenvalue weighted by Crippen LogP contribution is -2.40. The predicted octanol–water partition coefficient (Wildman–Crippen LogP) is 1.56. The molecular weight excluding hydrogens is 304 g/mol. The molecule has 8 heteroatoms. The van der Waals surface area contributed by atoms with Crippen molar-refractivity contribution in [2.24, 2.45) is 0 Å². The quantitative estimate of drug-likeness (QED) is 0.830. The second-order valence-corrected chi connectivity index (χ2v) is 5.75. The number of hydrogen-bond donors (Lipinski definition) is 1. The average Bonchev–Trinajstić information content (AvgIpc) is 2.86. The third-order valence-corrected chi connectivity index (χ3v) is 4.52. The minimum atomic E-state index is -0.469. The zero-order chi connectivity index (χ0) is 14.5. The molecule has 0 radical (unpaired) electrons. The molecule has 1 fully saturated rings. The van der Waals surface area contributed by atoms with E-state index in [-0.39, 0.29) is 17.9 Å². The maximum Gasteiger partial charge on any atom is 0.351 e. The zero-order valence-electron chi connectivity index (χ0n) is 11.2. The van der Waals surface area contributed by atoms with Gasteiger partial charge in [-0.05, 0) is 12.8 Å². The lowest BCUT2D eigenvalue weighted by atomic mass is 10.1. The molecule has 0 spiro atoms. The Balaban J connectivity index is 2.05. The Labute approximate surface area is 126 Å². The summed E-state index contributed by atoms with van der Waals surface area (Å²) in [6, 6.07) is 0. The largest absolute Gasteiger partial charge is 0.465 e. The number of aliphatic hydroxyl groups is 1. The normalized spacial score (nSPS) is 19.1. The standard InChI is InChI=1S/C12H17ClN2O4S/c1-18-11(17)9-10(13)14-12(20-9)15-4-2-3-8(7-15)19-6-5-16/h8,16H,2-7H2,1H3. The Kier molecular flexibility index (Phi) is 5.59. The highest BCUT2D eigenvalue weighted by Gasteiger charge is 2.25. The van der Waals surface area contributed by atoms with E-state index in [9.17, 15) is 4.79 Å². The summed E-state index contributed by atoms with van der Waals surface area (Å²) in [5.41, 5.74) is 0. The topological polar surface area (TPSA) is 71.9 Å². The third kappa shape index (κ3) is 3.60. The first-order valence-electron chi connectivity index (χ1n) is 6.37. The molecule has 1 saturated heterocycles. The molecule has 0 amide bonds. The molecule has 0 saturated carbocycles.